The topological polar surface area (TPSA) is 18.5 Å². The first kappa shape index (κ1) is 3.46. The van der Waals surface area contributed by atoms with E-state index in [2.05, 4.69) is 9.78 Å². The highest BCUT2D eigenvalue weighted by molar-refractivity contribution is 7.99. The van der Waals surface area contributed by atoms with Gasteiger partial charge in [0.15, 0.2) is 0 Å². The van der Waals surface area contributed by atoms with E-state index in [0.29, 0.717) is 11.9 Å². The van der Waals surface area contributed by atoms with E-state index < -0.39 is 0 Å². The van der Waals surface area contributed by atoms with E-state index in [1.165, 1.54) is 0 Å². The molecule has 1 heterocycles. The highest BCUT2D eigenvalue weighted by atomic mass is 32.2. The van der Waals surface area contributed by atoms with Crippen molar-refractivity contribution in [2.75, 3.05) is 11.9 Å². The van der Waals surface area contributed by atoms with E-state index in [0.717, 1.165) is 0 Å². The Morgan fingerprint density at radius 2 is 1.80 bits per heavy atom. The van der Waals surface area contributed by atoms with Gasteiger partial charge >= 0.3 is 0 Å². The molecular formula is C2H4O2S. The van der Waals surface area contributed by atoms with Gasteiger partial charge < -0.3 is 0 Å². The first-order chi connectivity index (χ1) is 2.50. The Kier molecular flexibility index (Phi) is 1.14. The van der Waals surface area contributed by atoms with Crippen LogP contribution in [0.15, 0.2) is 0 Å². The summed E-state index contributed by atoms with van der Waals surface area (Å²) in [6.07, 6.45) is 0. The van der Waals surface area contributed by atoms with Crippen LogP contribution in [0.1, 0.15) is 0 Å². The molecule has 0 saturated carbocycles. The molecule has 3 heteroatoms. The lowest BCUT2D eigenvalue weighted by Gasteiger charge is -1.75. The minimum atomic E-state index is 0.694. The highest BCUT2D eigenvalue weighted by Crippen LogP contribution is 2.08. The first-order valence-corrected chi connectivity index (χ1v) is 2.48. The van der Waals surface area contributed by atoms with Crippen LogP contribution in [0.25, 0.3) is 0 Å². The van der Waals surface area contributed by atoms with Crippen LogP contribution in [0.3, 0.4) is 0 Å². The molecule has 1 rings (SSSR count). The summed E-state index contributed by atoms with van der Waals surface area (Å²) in [7, 11) is 0. The summed E-state index contributed by atoms with van der Waals surface area (Å²) < 4.78 is 0. The smallest absolute Gasteiger partial charge is 0.130 e. The standard InChI is InChI=1S/C2H4O2S/c1-3-4-2-5-1/h1-2H2. The first-order valence-electron chi connectivity index (χ1n) is 1.32. The van der Waals surface area contributed by atoms with Gasteiger partial charge in [-0.1, -0.05) is 11.8 Å². The van der Waals surface area contributed by atoms with Crippen LogP contribution in [-0.2, 0) is 9.78 Å². The summed E-state index contributed by atoms with van der Waals surface area (Å²) >= 11 is 1.63. The summed E-state index contributed by atoms with van der Waals surface area (Å²) in [4.78, 5) is 8.81. The number of rotatable bonds is 0. The molecule has 0 unspecified atom stereocenters. The molecule has 30 valence electrons. The minimum Gasteiger partial charge on any atom is -0.225 e. The molecule has 0 spiro atoms. The van der Waals surface area contributed by atoms with Crippen molar-refractivity contribution in [3.63, 3.8) is 0 Å². The highest BCUT2D eigenvalue weighted by Gasteiger charge is 1.96. The molecule has 0 aromatic rings. The van der Waals surface area contributed by atoms with Crippen molar-refractivity contribution in [2.45, 2.75) is 0 Å². The van der Waals surface area contributed by atoms with Crippen molar-refractivity contribution in [1.29, 1.82) is 0 Å². The van der Waals surface area contributed by atoms with Crippen molar-refractivity contribution in [1.82, 2.24) is 0 Å². The molecule has 1 saturated heterocycles. The second-order valence-electron chi connectivity index (χ2n) is 0.676. The van der Waals surface area contributed by atoms with Crippen molar-refractivity contribution in [3.05, 3.63) is 0 Å². The quantitative estimate of drug-likeness (QED) is 0.407. The molecule has 1 fully saturated rings. The third kappa shape index (κ3) is 0.792. The number of hydrogen-bond donors (Lipinski definition) is 0. The Balaban J connectivity index is 2.08. The van der Waals surface area contributed by atoms with Gasteiger partial charge in [-0.25, -0.2) is 9.78 Å². The average molecular weight is 92.1 g/mol. The van der Waals surface area contributed by atoms with E-state index in [4.69, 9.17) is 0 Å². The largest absolute Gasteiger partial charge is 0.225 e. The molecule has 0 bridgehead atoms. The van der Waals surface area contributed by atoms with Gasteiger partial charge in [-0.2, -0.15) is 0 Å². The summed E-state index contributed by atoms with van der Waals surface area (Å²) in [5, 5.41) is 0. The molecule has 0 atom stereocenters. The maximum absolute atomic E-state index is 4.41. The van der Waals surface area contributed by atoms with Crippen LogP contribution < -0.4 is 0 Å². The molecule has 0 aromatic carbocycles. The third-order valence-corrected chi connectivity index (χ3v) is 0.872. The molecule has 1 aliphatic rings. The molecule has 5 heavy (non-hydrogen) atoms. The van der Waals surface area contributed by atoms with Crippen LogP contribution in [0.5, 0.6) is 0 Å². The normalized spacial score (nSPS) is 24.0. The van der Waals surface area contributed by atoms with Crippen LogP contribution in [-0.4, -0.2) is 11.9 Å². The van der Waals surface area contributed by atoms with Crippen LogP contribution in [0.2, 0.25) is 0 Å². The Morgan fingerprint density at radius 1 is 1.20 bits per heavy atom. The van der Waals surface area contributed by atoms with Gasteiger partial charge in [-0.3, -0.25) is 0 Å². The second kappa shape index (κ2) is 1.64. The lowest BCUT2D eigenvalue weighted by molar-refractivity contribution is -0.248. The second-order valence-corrected chi connectivity index (χ2v) is 1.56. The lowest BCUT2D eigenvalue weighted by Crippen LogP contribution is -1.72. The van der Waals surface area contributed by atoms with Gasteiger partial charge in [0.2, 0.25) is 0 Å². The predicted molar refractivity (Wildman–Crippen MR) is 19.5 cm³/mol. The monoisotopic (exact) mass is 92.0 g/mol. The van der Waals surface area contributed by atoms with Crippen molar-refractivity contribution in [3.8, 4) is 0 Å². The predicted octanol–water partition coefficient (Wildman–Crippen LogP) is 0.596. The minimum absolute atomic E-state index is 0.694. The molecule has 0 aliphatic carbocycles. The molecule has 2 nitrogen and oxygen atoms in total. The van der Waals surface area contributed by atoms with Crippen LogP contribution >= 0.6 is 11.8 Å². The Hall–Kier alpha value is 0.270. The molecule has 1 aliphatic heterocycles. The van der Waals surface area contributed by atoms with E-state index in [1.54, 1.807) is 11.8 Å². The molecule has 0 N–H and O–H groups in total. The summed E-state index contributed by atoms with van der Waals surface area (Å²) in [6.45, 7) is 0. The van der Waals surface area contributed by atoms with Crippen LogP contribution in [0.4, 0.5) is 0 Å². The lowest BCUT2D eigenvalue weighted by atomic mass is 11.7. The number of thioether (sulfide) groups is 1. The fourth-order valence-electron chi connectivity index (χ4n) is 0.170. The molecular weight excluding hydrogens is 88.1 g/mol. The van der Waals surface area contributed by atoms with Gasteiger partial charge in [0.05, 0.1) is 0 Å². The Bertz CT molecular complexity index is 19.2. The third-order valence-electron chi connectivity index (χ3n) is 0.346. The molecule has 0 amide bonds. The Morgan fingerprint density at radius 3 is 2.00 bits per heavy atom. The zero-order valence-electron chi connectivity index (χ0n) is 2.64. The maximum atomic E-state index is 4.41. The fraction of sp³-hybridized carbons (Fsp3) is 1.00. The zero-order valence-corrected chi connectivity index (χ0v) is 3.46. The van der Waals surface area contributed by atoms with E-state index in [1.807, 2.05) is 0 Å². The molecule has 0 radical (unpaired) electrons. The van der Waals surface area contributed by atoms with Gasteiger partial charge in [0, 0.05) is 0 Å². The fourth-order valence-corrected chi connectivity index (χ4v) is 0.510. The SMILES string of the molecule is C1OOCS1. The van der Waals surface area contributed by atoms with Gasteiger partial charge in [-0.15, -0.1) is 0 Å². The van der Waals surface area contributed by atoms with E-state index in [-0.39, 0.29) is 0 Å². The van der Waals surface area contributed by atoms with Crippen molar-refractivity contribution >= 4 is 11.8 Å². The van der Waals surface area contributed by atoms with Crippen LogP contribution in [0, 0.1) is 0 Å². The van der Waals surface area contributed by atoms with Crippen molar-refractivity contribution in [2.24, 2.45) is 0 Å². The van der Waals surface area contributed by atoms with Crippen molar-refractivity contribution < 1.29 is 9.78 Å². The van der Waals surface area contributed by atoms with Gasteiger partial charge in [-0.05, 0) is 0 Å². The molecule has 0 aromatic heterocycles. The van der Waals surface area contributed by atoms with Gasteiger partial charge in [0.1, 0.15) is 11.9 Å². The van der Waals surface area contributed by atoms with Gasteiger partial charge in [0.25, 0.3) is 0 Å². The summed E-state index contributed by atoms with van der Waals surface area (Å²) in [5.74, 6) is 1.39. The zero-order chi connectivity index (χ0) is 3.54. The number of hydrogen-bond acceptors (Lipinski definition) is 3. The Labute approximate surface area is 34.4 Å². The summed E-state index contributed by atoms with van der Waals surface area (Å²) in [5.41, 5.74) is 0. The summed E-state index contributed by atoms with van der Waals surface area (Å²) in [6, 6.07) is 0. The van der Waals surface area contributed by atoms with E-state index in [9.17, 15) is 0 Å². The maximum Gasteiger partial charge on any atom is 0.130 e. The average Bonchev–Trinajstić information content (AvgIpc) is 1.76. The van der Waals surface area contributed by atoms with E-state index >= 15 is 0 Å².